The molecule has 1 aliphatic rings. The van der Waals surface area contributed by atoms with E-state index < -0.39 is 11.7 Å². The van der Waals surface area contributed by atoms with Crippen LogP contribution in [0, 0.1) is 19.7 Å². The number of aromatic nitrogens is 3. The highest BCUT2D eigenvalue weighted by Gasteiger charge is 2.32. The number of rotatable bonds is 4. The summed E-state index contributed by atoms with van der Waals surface area (Å²) < 4.78 is 15.3. The summed E-state index contributed by atoms with van der Waals surface area (Å²) in [7, 11) is 0. The number of carbonyl (C=O) groups is 1. The Hall–Kier alpha value is -2.94. The van der Waals surface area contributed by atoms with E-state index in [-0.39, 0.29) is 11.6 Å². The number of nitrogens with zero attached hydrogens (tertiary/aromatic N) is 4. The molecule has 5 rings (SSSR count). The maximum Gasteiger partial charge on any atom is 0.262 e. The van der Waals surface area contributed by atoms with Gasteiger partial charge in [-0.25, -0.2) is 9.37 Å². The highest BCUT2D eigenvalue weighted by Crippen LogP contribution is 2.34. The lowest BCUT2D eigenvalue weighted by Crippen LogP contribution is -2.49. The van der Waals surface area contributed by atoms with Crippen molar-refractivity contribution in [3.8, 4) is 10.6 Å². The summed E-state index contributed by atoms with van der Waals surface area (Å²) >= 11 is 7.66. The van der Waals surface area contributed by atoms with Gasteiger partial charge in [0.25, 0.3) is 5.91 Å². The molecule has 0 unspecified atom stereocenters. The van der Waals surface area contributed by atoms with Crippen LogP contribution < -0.4 is 10.2 Å². The van der Waals surface area contributed by atoms with E-state index in [0.717, 1.165) is 40.7 Å². The van der Waals surface area contributed by atoms with Gasteiger partial charge >= 0.3 is 0 Å². The summed E-state index contributed by atoms with van der Waals surface area (Å²) in [6.07, 6.45) is 3.39. The molecule has 6 nitrogen and oxygen atoms in total. The molecule has 0 radical (unpaired) electrons. The number of pyridine rings is 1. The summed E-state index contributed by atoms with van der Waals surface area (Å²) in [4.78, 5) is 20.2. The van der Waals surface area contributed by atoms with Gasteiger partial charge in [-0.3, -0.25) is 9.69 Å². The number of benzene rings is 2. The molecule has 1 N–H and O–H groups in total. The Kier molecular flexibility index (Phi) is 6.29. The number of halogens is 2. The molecule has 4 aromatic rings. The van der Waals surface area contributed by atoms with Crippen molar-refractivity contribution >= 4 is 45.4 Å². The molecule has 1 amide bonds. The largest absolute Gasteiger partial charge is 0.315 e. The van der Waals surface area contributed by atoms with Gasteiger partial charge < -0.3 is 5.32 Å². The molecule has 0 saturated carbocycles. The molecule has 1 saturated heterocycles. The quantitative estimate of drug-likeness (QED) is 0.401. The van der Waals surface area contributed by atoms with Crippen LogP contribution in [-0.4, -0.2) is 40.2 Å². The molecule has 2 aromatic carbocycles. The Balaban J connectivity index is 1.61. The molecule has 1 fully saturated rings. The standard InChI is InChI=1S/C25H23ClFN5OS/c1-14-10-18(26)11-16-7-9-29-23(22(14)16)32(19-4-3-8-28-13-19)25(33)20-6-5-17(12-21(20)27)24-31-30-15(2)34-24/h5-7,9-12,19,28H,3-4,8,13H2,1-2H3/t19-/m1/s1. The molecule has 174 valence electrons. The number of hydrogen-bond donors (Lipinski definition) is 1. The third-order valence-electron chi connectivity index (χ3n) is 6.06. The van der Waals surface area contributed by atoms with Crippen LogP contribution in [0.15, 0.2) is 42.6 Å². The molecule has 9 heteroatoms. The average Bonchev–Trinajstić information content (AvgIpc) is 3.26. The van der Waals surface area contributed by atoms with Crippen LogP contribution in [0.1, 0.15) is 33.8 Å². The van der Waals surface area contributed by atoms with Crippen molar-refractivity contribution in [3.05, 3.63) is 69.6 Å². The van der Waals surface area contributed by atoms with Gasteiger partial charge in [0, 0.05) is 28.7 Å². The van der Waals surface area contributed by atoms with Crippen molar-refractivity contribution in [2.75, 3.05) is 18.0 Å². The minimum atomic E-state index is -0.593. The second-order valence-corrected chi connectivity index (χ2v) is 10.1. The lowest BCUT2D eigenvalue weighted by atomic mass is 10.0. The van der Waals surface area contributed by atoms with E-state index in [2.05, 4.69) is 20.5 Å². The monoisotopic (exact) mass is 495 g/mol. The van der Waals surface area contributed by atoms with Crippen LogP contribution in [0.2, 0.25) is 5.02 Å². The van der Waals surface area contributed by atoms with Crippen LogP contribution in [0.4, 0.5) is 10.2 Å². The number of nitrogens with one attached hydrogen (secondary N) is 1. The van der Waals surface area contributed by atoms with E-state index in [1.165, 1.54) is 23.5 Å². The number of anilines is 1. The van der Waals surface area contributed by atoms with E-state index in [9.17, 15) is 4.79 Å². The zero-order valence-corrected chi connectivity index (χ0v) is 20.4. The lowest BCUT2D eigenvalue weighted by Gasteiger charge is -2.35. The lowest BCUT2D eigenvalue weighted by molar-refractivity contribution is 0.0968. The highest BCUT2D eigenvalue weighted by molar-refractivity contribution is 7.14. The molecule has 1 aliphatic heterocycles. The second-order valence-electron chi connectivity index (χ2n) is 8.45. The molecule has 34 heavy (non-hydrogen) atoms. The van der Waals surface area contributed by atoms with Crippen molar-refractivity contribution in [1.29, 1.82) is 0 Å². The fraction of sp³-hybridized carbons (Fsp3) is 0.280. The number of amides is 1. The average molecular weight is 496 g/mol. The molecule has 0 aliphatic carbocycles. The van der Waals surface area contributed by atoms with Gasteiger partial charge in [-0.2, -0.15) is 0 Å². The van der Waals surface area contributed by atoms with E-state index >= 15 is 4.39 Å². The first-order valence-electron chi connectivity index (χ1n) is 11.1. The van der Waals surface area contributed by atoms with Crippen molar-refractivity contribution in [2.24, 2.45) is 0 Å². The van der Waals surface area contributed by atoms with Crippen LogP contribution in [0.25, 0.3) is 21.3 Å². The normalized spacial score (nSPS) is 16.1. The summed E-state index contributed by atoms with van der Waals surface area (Å²) in [6.45, 7) is 5.29. The molecular weight excluding hydrogens is 473 g/mol. The Morgan fingerprint density at radius 2 is 2.06 bits per heavy atom. The first-order chi connectivity index (χ1) is 16.4. The third-order valence-corrected chi connectivity index (χ3v) is 7.17. The molecule has 3 heterocycles. The Morgan fingerprint density at radius 3 is 2.76 bits per heavy atom. The number of fused-ring (bicyclic) bond motifs is 1. The molecule has 1 atom stereocenters. The summed E-state index contributed by atoms with van der Waals surface area (Å²) in [6, 6.07) is 10.0. The van der Waals surface area contributed by atoms with Crippen molar-refractivity contribution in [3.63, 3.8) is 0 Å². The number of aryl methyl sites for hydroxylation is 2. The predicted molar refractivity (Wildman–Crippen MR) is 134 cm³/mol. The predicted octanol–water partition coefficient (Wildman–Crippen LogP) is 5.56. The van der Waals surface area contributed by atoms with Gasteiger partial charge in [-0.15, -0.1) is 10.2 Å². The SMILES string of the molecule is Cc1nnc(-c2ccc(C(=O)N(c3nccc4cc(Cl)cc(C)c34)[C@@H]3CCCNC3)c(F)c2)s1. The maximum atomic E-state index is 15.3. The number of carbonyl (C=O) groups excluding carboxylic acids is 1. The van der Waals surface area contributed by atoms with Crippen LogP contribution in [0.5, 0.6) is 0 Å². The van der Waals surface area contributed by atoms with Crippen molar-refractivity contribution < 1.29 is 9.18 Å². The zero-order valence-electron chi connectivity index (χ0n) is 18.8. The first kappa shape index (κ1) is 22.8. The minimum absolute atomic E-state index is 0.000908. The fourth-order valence-electron chi connectivity index (χ4n) is 4.49. The van der Waals surface area contributed by atoms with Gasteiger partial charge in [0.2, 0.25) is 0 Å². The van der Waals surface area contributed by atoms with Crippen LogP contribution >= 0.6 is 22.9 Å². The fourth-order valence-corrected chi connectivity index (χ4v) is 5.46. The second kappa shape index (κ2) is 9.37. The van der Waals surface area contributed by atoms with Crippen molar-refractivity contribution in [1.82, 2.24) is 20.5 Å². The van der Waals surface area contributed by atoms with Crippen LogP contribution in [0.3, 0.4) is 0 Å². The highest BCUT2D eigenvalue weighted by atomic mass is 35.5. The summed E-state index contributed by atoms with van der Waals surface area (Å²) in [5.74, 6) is -0.488. The van der Waals surface area contributed by atoms with E-state index in [1.54, 1.807) is 17.2 Å². The smallest absolute Gasteiger partial charge is 0.262 e. The minimum Gasteiger partial charge on any atom is -0.315 e. The Bertz CT molecular complexity index is 1390. The molecule has 0 bridgehead atoms. The maximum absolute atomic E-state index is 15.3. The molecule has 0 spiro atoms. The van der Waals surface area contributed by atoms with E-state index in [1.807, 2.05) is 32.0 Å². The summed E-state index contributed by atoms with van der Waals surface area (Å²) in [5.41, 5.74) is 1.51. The topological polar surface area (TPSA) is 71.0 Å². The van der Waals surface area contributed by atoms with Gasteiger partial charge in [0.05, 0.1) is 11.6 Å². The van der Waals surface area contributed by atoms with E-state index in [0.29, 0.717) is 28.0 Å². The van der Waals surface area contributed by atoms with Gasteiger partial charge in [0.15, 0.2) is 0 Å². The van der Waals surface area contributed by atoms with Gasteiger partial charge in [-0.1, -0.05) is 29.0 Å². The van der Waals surface area contributed by atoms with Gasteiger partial charge in [0.1, 0.15) is 21.7 Å². The Morgan fingerprint density at radius 1 is 1.21 bits per heavy atom. The molecule has 2 aromatic heterocycles. The zero-order chi connectivity index (χ0) is 23.8. The van der Waals surface area contributed by atoms with Gasteiger partial charge in [-0.05, 0) is 74.5 Å². The Labute approximate surface area is 205 Å². The van der Waals surface area contributed by atoms with Crippen molar-refractivity contribution in [2.45, 2.75) is 32.7 Å². The van der Waals surface area contributed by atoms with Crippen LogP contribution in [-0.2, 0) is 0 Å². The first-order valence-corrected chi connectivity index (χ1v) is 12.3. The van der Waals surface area contributed by atoms with E-state index in [4.69, 9.17) is 11.6 Å². The summed E-state index contributed by atoms with van der Waals surface area (Å²) in [5, 5.41) is 15.2. The molecular formula is C25H23ClFN5OS. The number of hydrogen-bond acceptors (Lipinski definition) is 6. The third kappa shape index (κ3) is 4.29. The number of piperidine rings is 1.